The highest BCUT2D eigenvalue weighted by Gasteiger charge is 2.27. The summed E-state index contributed by atoms with van der Waals surface area (Å²) in [5.41, 5.74) is 0.732. The first-order chi connectivity index (χ1) is 11.7. The summed E-state index contributed by atoms with van der Waals surface area (Å²) in [6.45, 7) is 6.07. The first-order valence-corrected chi connectivity index (χ1v) is 8.51. The van der Waals surface area contributed by atoms with Gasteiger partial charge in [0.15, 0.2) is 0 Å². The fourth-order valence-corrected chi connectivity index (χ4v) is 3.37. The van der Waals surface area contributed by atoms with Gasteiger partial charge in [-0.15, -0.1) is 0 Å². The molecule has 1 aliphatic rings. The summed E-state index contributed by atoms with van der Waals surface area (Å²) in [4.78, 5) is 4.62. The molecule has 3 rings (SSSR count). The Bertz CT molecular complexity index is 658. The number of furan rings is 1. The van der Waals surface area contributed by atoms with Gasteiger partial charge in [-0.1, -0.05) is 18.2 Å². The fraction of sp³-hybridized carbons (Fsp3) is 0.474. The van der Waals surface area contributed by atoms with Crippen LogP contribution in [0.25, 0.3) is 0 Å². The molecule has 0 spiro atoms. The van der Waals surface area contributed by atoms with E-state index in [2.05, 4.69) is 9.80 Å². The lowest BCUT2D eigenvalue weighted by Crippen LogP contribution is -2.52. The van der Waals surface area contributed by atoms with E-state index in [0.29, 0.717) is 13.0 Å². The summed E-state index contributed by atoms with van der Waals surface area (Å²) in [5, 5.41) is 9.40. The van der Waals surface area contributed by atoms with Crippen LogP contribution in [-0.4, -0.2) is 47.2 Å². The van der Waals surface area contributed by atoms with Gasteiger partial charge in [0, 0.05) is 44.4 Å². The SMILES string of the molecule is Cc1ccc(CN2CCN(Cc3ccccc3F)C[C@H]2CCO)o1. The van der Waals surface area contributed by atoms with Gasteiger partial charge in [-0.2, -0.15) is 0 Å². The molecule has 2 aromatic rings. The Morgan fingerprint density at radius 3 is 2.71 bits per heavy atom. The normalized spacial score (nSPS) is 19.7. The maximum atomic E-state index is 13.9. The van der Waals surface area contributed by atoms with Gasteiger partial charge in [0.1, 0.15) is 17.3 Å². The number of halogens is 1. The molecule has 130 valence electrons. The number of rotatable bonds is 6. The Morgan fingerprint density at radius 2 is 2.00 bits per heavy atom. The lowest BCUT2D eigenvalue weighted by molar-refractivity contribution is 0.0449. The van der Waals surface area contributed by atoms with Gasteiger partial charge in [-0.25, -0.2) is 4.39 Å². The summed E-state index contributed by atoms with van der Waals surface area (Å²) in [6.07, 6.45) is 0.716. The highest BCUT2D eigenvalue weighted by Crippen LogP contribution is 2.20. The lowest BCUT2D eigenvalue weighted by atomic mass is 10.1. The van der Waals surface area contributed by atoms with Crippen molar-refractivity contribution in [2.45, 2.75) is 32.5 Å². The molecule has 1 aromatic carbocycles. The minimum absolute atomic E-state index is 0.148. The van der Waals surface area contributed by atoms with E-state index in [1.54, 1.807) is 6.07 Å². The number of aryl methyl sites for hydroxylation is 1. The number of hydrogen-bond donors (Lipinski definition) is 1. The minimum Gasteiger partial charge on any atom is -0.465 e. The molecule has 5 heteroatoms. The van der Waals surface area contributed by atoms with Crippen LogP contribution in [0.15, 0.2) is 40.8 Å². The van der Waals surface area contributed by atoms with Crippen molar-refractivity contribution in [3.05, 3.63) is 59.3 Å². The largest absolute Gasteiger partial charge is 0.465 e. The summed E-state index contributed by atoms with van der Waals surface area (Å²) < 4.78 is 19.6. The van der Waals surface area contributed by atoms with Gasteiger partial charge < -0.3 is 9.52 Å². The lowest BCUT2D eigenvalue weighted by Gasteiger charge is -2.41. The van der Waals surface area contributed by atoms with Gasteiger partial charge >= 0.3 is 0 Å². The van der Waals surface area contributed by atoms with E-state index < -0.39 is 0 Å². The fourth-order valence-electron chi connectivity index (χ4n) is 3.37. The van der Waals surface area contributed by atoms with Gasteiger partial charge in [0.2, 0.25) is 0 Å². The minimum atomic E-state index is -0.148. The van der Waals surface area contributed by atoms with E-state index in [0.717, 1.165) is 43.3 Å². The monoisotopic (exact) mass is 332 g/mol. The quantitative estimate of drug-likeness (QED) is 0.883. The van der Waals surface area contributed by atoms with E-state index in [1.165, 1.54) is 6.07 Å². The Kier molecular flexibility index (Phi) is 5.66. The molecule has 1 saturated heterocycles. The van der Waals surface area contributed by atoms with E-state index in [4.69, 9.17) is 4.42 Å². The second-order valence-electron chi connectivity index (χ2n) is 6.48. The van der Waals surface area contributed by atoms with Crippen LogP contribution in [0.4, 0.5) is 4.39 Å². The molecular formula is C19H25FN2O2. The van der Waals surface area contributed by atoms with Crippen molar-refractivity contribution in [3.63, 3.8) is 0 Å². The van der Waals surface area contributed by atoms with Crippen molar-refractivity contribution in [2.75, 3.05) is 26.2 Å². The molecule has 1 aromatic heterocycles. The molecule has 0 radical (unpaired) electrons. The zero-order valence-corrected chi connectivity index (χ0v) is 14.1. The average Bonchev–Trinajstić information content (AvgIpc) is 2.97. The zero-order valence-electron chi connectivity index (χ0n) is 14.1. The van der Waals surface area contributed by atoms with E-state index in [-0.39, 0.29) is 18.5 Å². The summed E-state index contributed by atoms with van der Waals surface area (Å²) in [7, 11) is 0. The van der Waals surface area contributed by atoms with Crippen molar-refractivity contribution in [3.8, 4) is 0 Å². The maximum Gasteiger partial charge on any atom is 0.127 e. The van der Waals surface area contributed by atoms with E-state index in [9.17, 15) is 9.50 Å². The third-order valence-electron chi connectivity index (χ3n) is 4.66. The van der Waals surface area contributed by atoms with Crippen LogP contribution in [0, 0.1) is 12.7 Å². The standard InChI is InChI=1S/C19H25FN2O2/c1-15-6-7-18(24-15)14-22-10-9-21(13-17(22)8-11-23)12-16-4-2-3-5-19(16)20/h2-7,17,23H,8-14H2,1H3/t17-/m1/s1. The van der Waals surface area contributed by atoms with Crippen LogP contribution >= 0.6 is 0 Å². The Balaban J connectivity index is 1.63. The molecule has 0 saturated carbocycles. The predicted molar refractivity (Wildman–Crippen MR) is 91.0 cm³/mol. The van der Waals surface area contributed by atoms with Gasteiger partial charge in [-0.05, 0) is 31.5 Å². The molecule has 0 aliphatic carbocycles. The number of benzene rings is 1. The molecule has 2 heterocycles. The smallest absolute Gasteiger partial charge is 0.127 e. The Hall–Kier alpha value is -1.69. The van der Waals surface area contributed by atoms with E-state index >= 15 is 0 Å². The molecule has 0 unspecified atom stereocenters. The number of hydrogen-bond acceptors (Lipinski definition) is 4. The summed E-state index contributed by atoms with van der Waals surface area (Å²) in [6, 6.07) is 11.2. The highest BCUT2D eigenvalue weighted by atomic mass is 19.1. The van der Waals surface area contributed by atoms with Crippen LogP contribution in [0.3, 0.4) is 0 Å². The van der Waals surface area contributed by atoms with E-state index in [1.807, 2.05) is 31.2 Å². The van der Waals surface area contributed by atoms with Crippen molar-refractivity contribution in [2.24, 2.45) is 0 Å². The Morgan fingerprint density at radius 1 is 1.17 bits per heavy atom. The zero-order chi connectivity index (χ0) is 16.9. The number of nitrogens with zero attached hydrogens (tertiary/aromatic N) is 2. The van der Waals surface area contributed by atoms with Crippen molar-refractivity contribution >= 4 is 0 Å². The van der Waals surface area contributed by atoms with Crippen LogP contribution < -0.4 is 0 Å². The maximum absolute atomic E-state index is 13.9. The van der Waals surface area contributed by atoms with Gasteiger partial charge in [0.25, 0.3) is 0 Å². The molecular weight excluding hydrogens is 307 g/mol. The molecule has 0 amide bonds. The topological polar surface area (TPSA) is 39.9 Å². The molecule has 1 atom stereocenters. The highest BCUT2D eigenvalue weighted by molar-refractivity contribution is 5.17. The molecule has 1 aliphatic heterocycles. The third-order valence-corrected chi connectivity index (χ3v) is 4.66. The van der Waals surface area contributed by atoms with Gasteiger partial charge in [0.05, 0.1) is 6.54 Å². The molecule has 0 bridgehead atoms. The molecule has 1 fully saturated rings. The molecule has 1 N–H and O–H groups in total. The first kappa shape index (κ1) is 17.1. The van der Waals surface area contributed by atoms with Gasteiger partial charge in [-0.3, -0.25) is 9.80 Å². The Labute approximate surface area is 142 Å². The molecule has 4 nitrogen and oxygen atoms in total. The molecule has 24 heavy (non-hydrogen) atoms. The number of aliphatic hydroxyl groups is 1. The second kappa shape index (κ2) is 7.92. The van der Waals surface area contributed by atoms with Crippen molar-refractivity contribution in [1.29, 1.82) is 0 Å². The predicted octanol–water partition coefficient (Wildman–Crippen LogP) is 2.80. The number of piperazine rings is 1. The first-order valence-electron chi connectivity index (χ1n) is 8.51. The second-order valence-corrected chi connectivity index (χ2v) is 6.48. The van der Waals surface area contributed by atoms with Crippen LogP contribution in [-0.2, 0) is 13.1 Å². The van der Waals surface area contributed by atoms with Crippen LogP contribution in [0.2, 0.25) is 0 Å². The van der Waals surface area contributed by atoms with Crippen LogP contribution in [0.1, 0.15) is 23.5 Å². The third kappa shape index (κ3) is 4.23. The van der Waals surface area contributed by atoms with Crippen molar-refractivity contribution < 1.29 is 13.9 Å². The average molecular weight is 332 g/mol. The van der Waals surface area contributed by atoms with Crippen molar-refractivity contribution in [1.82, 2.24) is 9.80 Å². The summed E-state index contributed by atoms with van der Waals surface area (Å²) >= 11 is 0. The van der Waals surface area contributed by atoms with Crippen LogP contribution in [0.5, 0.6) is 0 Å². The summed E-state index contributed by atoms with van der Waals surface area (Å²) in [5.74, 6) is 1.73. The number of aliphatic hydroxyl groups excluding tert-OH is 1.